The zero-order valence-corrected chi connectivity index (χ0v) is 15.7. The van der Waals surface area contributed by atoms with Gasteiger partial charge in [-0.1, -0.05) is 23.7 Å². The molecule has 0 aliphatic heterocycles. The summed E-state index contributed by atoms with van der Waals surface area (Å²) >= 11 is 5.86. The van der Waals surface area contributed by atoms with Crippen LogP contribution >= 0.6 is 11.6 Å². The Balaban J connectivity index is 1.66. The van der Waals surface area contributed by atoms with Gasteiger partial charge in [0.1, 0.15) is 6.54 Å². The summed E-state index contributed by atoms with van der Waals surface area (Å²) in [7, 11) is 0. The van der Waals surface area contributed by atoms with Crippen LogP contribution in [0.1, 0.15) is 6.92 Å². The summed E-state index contributed by atoms with van der Waals surface area (Å²) in [5, 5.41) is 5.93. The zero-order chi connectivity index (χ0) is 20.1. The fourth-order valence-electron chi connectivity index (χ4n) is 2.52. The van der Waals surface area contributed by atoms with Gasteiger partial charge in [0.05, 0.1) is 12.0 Å². The van der Waals surface area contributed by atoms with E-state index < -0.39 is 0 Å². The second-order valence-electron chi connectivity index (χ2n) is 6.05. The van der Waals surface area contributed by atoms with Gasteiger partial charge in [-0.3, -0.25) is 19.0 Å². The van der Waals surface area contributed by atoms with E-state index in [-0.39, 0.29) is 23.9 Å². The molecule has 2 amide bonds. The molecule has 2 N–H and O–H groups in total. The fourth-order valence-corrected chi connectivity index (χ4v) is 2.64. The number of aromatic nitrogens is 2. The lowest BCUT2D eigenvalue weighted by Crippen LogP contribution is -2.27. The van der Waals surface area contributed by atoms with Crippen LogP contribution in [0.15, 0.2) is 65.7 Å². The Morgan fingerprint density at radius 1 is 1.00 bits per heavy atom. The maximum atomic E-state index is 12.3. The predicted molar refractivity (Wildman–Crippen MR) is 108 cm³/mol. The molecular weight excluding hydrogens is 380 g/mol. The van der Waals surface area contributed by atoms with Gasteiger partial charge in [-0.25, -0.2) is 4.98 Å². The minimum Gasteiger partial charge on any atom is -0.326 e. The molecule has 2 aromatic carbocycles. The molecule has 142 valence electrons. The largest absolute Gasteiger partial charge is 0.326 e. The average molecular weight is 397 g/mol. The lowest BCUT2D eigenvalue weighted by molar-refractivity contribution is -0.117. The molecule has 0 saturated carbocycles. The fraction of sp³-hybridized carbons (Fsp3) is 0.100. The molecule has 28 heavy (non-hydrogen) atoms. The Morgan fingerprint density at radius 2 is 1.61 bits per heavy atom. The molecule has 1 heterocycles. The molecule has 0 radical (unpaired) electrons. The highest BCUT2D eigenvalue weighted by atomic mass is 35.5. The van der Waals surface area contributed by atoms with Gasteiger partial charge in [-0.05, 0) is 36.4 Å². The van der Waals surface area contributed by atoms with Crippen molar-refractivity contribution in [2.45, 2.75) is 13.5 Å². The maximum Gasteiger partial charge on any atom is 0.254 e. The number of halogens is 1. The Bertz CT molecular complexity index is 1060. The third kappa shape index (κ3) is 5.05. The van der Waals surface area contributed by atoms with Crippen molar-refractivity contribution in [3.63, 3.8) is 0 Å². The maximum absolute atomic E-state index is 12.3. The Kier molecular flexibility index (Phi) is 5.86. The molecule has 0 aliphatic rings. The van der Waals surface area contributed by atoms with Crippen molar-refractivity contribution >= 4 is 34.8 Å². The molecule has 0 atom stereocenters. The normalized spacial score (nSPS) is 10.4. The van der Waals surface area contributed by atoms with Crippen molar-refractivity contribution in [1.29, 1.82) is 0 Å². The van der Waals surface area contributed by atoms with Crippen LogP contribution in [0.2, 0.25) is 5.02 Å². The third-order valence-corrected chi connectivity index (χ3v) is 4.07. The van der Waals surface area contributed by atoms with Crippen molar-refractivity contribution in [2.75, 3.05) is 10.6 Å². The van der Waals surface area contributed by atoms with E-state index in [1.807, 2.05) is 0 Å². The molecule has 0 spiro atoms. The number of nitrogens with zero attached hydrogens (tertiary/aromatic N) is 2. The Hall–Kier alpha value is -3.45. The smallest absolute Gasteiger partial charge is 0.254 e. The van der Waals surface area contributed by atoms with Crippen LogP contribution in [0.5, 0.6) is 0 Å². The van der Waals surface area contributed by atoms with Crippen LogP contribution in [-0.2, 0) is 16.1 Å². The Morgan fingerprint density at radius 3 is 2.18 bits per heavy atom. The molecule has 0 unspecified atom stereocenters. The van der Waals surface area contributed by atoms with E-state index in [2.05, 4.69) is 15.6 Å². The Labute approximate surface area is 166 Å². The summed E-state index contributed by atoms with van der Waals surface area (Å²) in [4.78, 5) is 39.8. The van der Waals surface area contributed by atoms with Crippen LogP contribution in [0, 0.1) is 0 Å². The first-order valence-electron chi connectivity index (χ1n) is 8.40. The minimum atomic E-state index is -0.365. The predicted octanol–water partition coefficient (Wildman–Crippen LogP) is 3.16. The van der Waals surface area contributed by atoms with Gasteiger partial charge >= 0.3 is 0 Å². The minimum absolute atomic E-state index is 0.166. The van der Waals surface area contributed by atoms with Crippen LogP contribution in [0.4, 0.5) is 11.4 Å². The summed E-state index contributed by atoms with van der Waals surface area (Å²) in [6.07, 6.45) is 1.34. The summed E-state index contributed by atoms with van der Waals surface area (Å²) in [5.41, 5.74) is 2.11. The highest BCUT2D eigenvalue weighted by Gasteiger charge is 2.08. The quantitative estimate of drug-likeness (QED) is 0.692. The first-order valence-corrected chi connectivity index (χ1v) is 8.78. The second-order valence-corrected chi connectivity index (χ2v) is 6.49. The number of carbonyl (C=O) groups excluding carboxylic acids is 2. The van der Waals surface area contributed by atoms with Crippen LogP contribution < -0.4 is 16.2 Å². The van der Waals surface area contributed by atoms with Gasteiger partial charge in [0, 0.05) is 35.0 Å². The van der Waals surface area contributed by atoms with Crippen molar-refractivity contribution in [1.82, 2.24) is 9.55 Å². The van der Waals surface area contributed by atoms with Crippen molar-refractivity contribution in [3.8, 4) is 11.3 Å². The average Bonchev–Trinajstić information content (AvgIpc) is 2.65. The number of nitrogens with one attached hydrogen (secondary N) is 2. The van der Waals surface area contributed by atoms with E-state index in [0.29, 0.717) is 22.1 Å². The molecule has 1 aromatic heterocycles. The van der Waals surface area contributed by atoms with Crippen LogP contribution in [0.25, 0.3) is 11.3 Å². The molecule has 7 nitrogen and oxygen atoms in total. The number of hydrogen-bond donors (Lipinski definition) is 2. The molecular formula is C20H17ClN4O3. The number of carbonyl (C=O) groups is 2. The first kappa shape index (κ1) is 19.3. The van der Waals surface area contributed by atoms with Gasteiger partial charge in [0.15, 0.2) is 0 Å². The van der Waals surface area contributed by atoms with Gasteiger partial charge < -0.3 is 10.6 Å². The number of benzene rings is 2. The van der Waals surface area contributed by atoms with Gasteiger partial charge in [0.2, 0.25) is 11.8 Å². The number of amides is 2. The van der Waals surface area contributed by atoms with E-state index >= 15 is 0 Å². The van der Waals surface area contributed by atoms with Crippen LogP contribution in [0.3, 0.4) is 0 Å². The summed E-state index contributed by atoms with van der Waals surface area (Å²) in [5.74, 6) is -0.541. The summed E-state index contributed by atoms with van der Waals surface area (Å²) in [6.45, 7) is 1.25. The van der Waals surface area contributed by atoms with E-state index in [4.69, 9.17) is 11.6 Å². The molecule has 3 rings (SSSR count). The van der Waals surface area contributed by atoms with Crippen molar-refractivity contribution in [2.24, 2.45) is 0 Å². The molecule has 8 heteroatoms. The van der Waals surface area contributed by atoms with Gasteiger partial charge in [-0.15, -0.1) is 0 Å². The van der Waals surface area contributed by atoms with Gasteiger partial charge in [-0.2, -0.15) is 0 Å². The standard InChI is InChI=1S/C20H17ClN4O3/c1-13(26)23-16-6-8-17(9-7-16)24-19(27)11-25-12-22-18(10-20(25)28)14-2-4-15(21)5-3-14/h2-10,12H,11H2,1H3,(H,23,26)(H,24,27). The van der Waals surface area contributed by atoms with Crippen molar-refractivity contribution in [3.05, 3.63) is 76.3 Å². The number of anilines is 2. The number of hydrogen-bond acceptors (Lipinski definition) is 4. The van der Waals surface area contributed by atoms with E-state index in [0.717, 1.165) is 5.56 Å². The zero-order valence-electron chi connectivity index (χ0n) is 15.0. The lowest BCUT2D eigenvalue weighted by atomic mass is 10.1. The van der Waals surface area contributed by atoms with Crippen LogP contribution in [-0.4, -0.2) is 21.4 Å². The number of rotatable bonds is 5. The SMILES string of the molecule is CC(=O)Nc1ccc(NC(=O)Cn2cnc(-c3ccc(Cl)cc3)cc2=O)cc1. The highest BCUT2D eigenvalue weighted by molar-refractivity contribution is 6.30. The van der Waals surface area contributed by atoms with Crippen molar-refractivity contribution < 1.29 is 9.59 Å². The third-order valence-electron chi connectivity index (χ3n) is 3.82. The first-order chi connectivity index (χ1) is 13.4. The molecule has 0 fully saturated rings. The van der Waals surface area contributed by atoms with E-state index in [9.17, 15) is 14.4 Å². The molecule has 0 bridgehead atoms. The monoisotopic (exact) mass is 396 g/mol. The second kappa shape index (κ2) is 8.49. The van der Waals surface area contributed by atoms with E-state index in [1.54, 1.807) is 48.5 Å². The topological polar surface area (TPSA) is 93.1 Å². The van der Waals surface area contributed by atoms with Gasteiger partial charge in [0.25, 0.3) is 5.56 Å². The molecule has 3 aromatic rings. The molecule has 0 aliphatic carbocycles. The summed E-state index contributed by atoms with van der Waals surface area (Å²) < 4.78 is 1.22. The highest BCUT2D eigenvalue weighted by Crippen LogP contribution is 2.18. The summed E-state index contributed by atoms with van der Waals surface area (Å²) in [6, 6.07) is 15.0. The lowest BCUT2D eigenvalue weighted by Gasteiger charge is -2.09. The van der Waals surface area contributed by atoms with E-state index in [1.165, 1.54) is 23.9 Å². The molecule has 0 saturated heterocycles.